The monoisotopic (exact) mass is 328 g/mol. The van der Waals surface area contributed by atoms with Gasteiger partial charge in [-0.3, -0.25) is 9.59 Å². The molecule has 2 aromatic rings. The second-order valence-corrected chi connectivity index (χ2v) is 5.50. The van der Waals surface area contributed by atoms with Gasteiger partial charge in [0.25, 0.3) is 5.91 Å². The van der Waals surface area contributed by atoms with Gasteiger partial charge in [-0.1, -0.05) is 24.3 Å². The summed E-state index contributed by atoms with van der Waals surface area (Å²) in [5.74, 6) is -0.422. The fourth-order valence-electron chi connectivity index (χ4n) is 2.69. The normalized spacial score (nSPS) is 16.1. The van der Waals surface area contributed by atoms with Gasteiger partial charge < -0.3 is 15.0 Å². The average molecular weight is 328 g/mol. The number of halogens is 1. The van der Waals surface area contributed by atoms with Crippen molar-refractivity contribution < 1.29 is 18.7 Å². The van der Waals surface area contributed by atoms with Crippen molar-refractivity contribution >= 4 is 17.5 Å². The lowest BCUT2D eigenvalue weighted by molar-refractivity contribution is -0.127. The third-order valence-corrected chi connectivity index (χ3v) is 3.86. The Balaban J connectivity index is 1.87. The van der Waals surface area contributed by atoms with E-state index in [-0.39, 0.29) is 30.6 Å². The zero-order valence-corrected chi connectivity index (χ0v) is 13.2. The summed E-state index contributed by atoms with van der Waals surface area (Å²) in [7, 11) is 1.52. The van der Waals surface area contributed by atoms with Gasteiger partial charge in [0.15, 0.2) is 6.10 Å². The third-order valence-electron chi connectivity index (χ3n) is 3.86. The molecule has 1 N–H and O–H groups in total. The van der Waals surface area contributed by atoms with Crippen LogP contribution in [0.15, 0.2) is 48.5 Å². The van der Waals surface area contributed by atoms with Crippen molar-refractivity contribution in [3.63, 3.8) is 0 Å². The zero-order chi connectivity index (χ0) is 17.1. The molecule has 1 heterocycles. The maximum atomic E-state index is 13.3. The van der Waals surface area contributed by atoms with E-state index in [1.807, 2.05) is 0 Å². The van der Waals surface area contributed by atoms with Crippen LogP contribution in [-0.4, -0.2) is 31.5 Å². The van der Waals surface area contributed by atoms with Crippen molar-refractivity contribution in [2.24, 2.45) is 0 Å². The second kappa shape index (κ2) is 6.70. The smallest absolute Gasteiger partial charge is 0.262 e. The molecule has 1 atom stereocenters. The summed E-state index contributed by atoms with van der Waals surface area (Å²) in [5.41, 5.74) is 1.19. The topological polar surface area (TPSA) is 58.6 Å². The Morgan fingerprint density at radius 2 is 2.04 bits per heavy atom. The Kier molecular flexibility index (Phi) is 4.46. The highest BCUT2D eigenvalue weighted by Crippen LogP contribution is 2.33. The molecule has 2 aromatic carbocycles. The van der Waals surface area contributed by atoms with Crippen LogP contribution in [0.5, 0.6) is 5.75 Å². The SMILES string of the molecule is CNC(=O)[C@@H]1CN(C(=O)Cc2cccc(F)c2)c2ccccc2O1. The van der Waals surface area contributed by atoms with E-state index in [0.717, 1.165) is 0 Å². The molecule has 2 amide bonds. The molecule has 0 saturated heterocycles. The number of hydrogen-bond donors (Lipinski definition) is 1. The number of hydrogen-bond acceptors (Lipinski definition) is 3. The molecule has 0 aliphatic carbocycles. The minimum absolute atomic E-state index is 0.0482. The number of benzene rings is 2. The highest BCUT2D eigenvalue weighted by Gasteiger charge is 2.33. The number of anilines is 1. The van der Waals surface area contributed by atoms with Gasteiger partial charge >= 0.3 is 0 Å². The molecule has 24 heavy (non-hydrogen) atoms. The van der Waals surface area contributed by atoms with E-state index in [4.69, 9.17) is 4.74 Å². The summed E-state index contributed by atoms with van der Waals surface area (Å²) < 4.78 is 19.0. The predicted octanol–water partition coefficient (Wildman–Crippen LogP) is 1.91. The van der Waals surface area contributed by atoms with Crippen molar-refractivity contribution in [1.29, 1.82) is 0 Å². The van der Waals surface area contributed by atoms with E-state index < -0.39 is 6.10 Å². The van der Waals surface area contributed by atoms with Crippen molar-refractivity contribution in [1.82, 2.24) is 5.32 Å². The van der Waals surface area contributed by atoms with Crippen LogP contribution in [0.3, 0.4) is 0 Å². The average Bonchev–Trinajstić information content (AvgIpc) is 2.60. The Morgan fingerprint density at radius 3 is 2.79 bits per heavy atom. The van der Waals surface area contributed by atoms with Crippen LogP contribution >= 0.6 is 0 Å². The molecule has 5 nitrogen and oxygen atoms in total. The first-order valence-corrected chi connectivity index (χ1v) is 7.60. The molecule has 0 saturated carbocycles. The summed E-state index contributed by atoms with van der Waals surface area (Å²) in [6, 6.07) is 13.0. The Morgan fingerprint density at radius 1 is 1.25 bits per heavy atom. The maximum absolute atomic E-state index is 13.3. The van der Waals surface area contributed by atoms with E-state index >= 15 is 0 Å². The maximum Gasteiger partial charge on any atom is 0.262 e. The molecule has 1 aliphatic rings. The molecule has 1 aliphatic heterocycles. The van der Waals surface area contributed by atoms with Gasteiger partial charge in [-0.2, -0.15) is 0 Å². The molecule has 0 fully saturated rings. The molecular formula is C18H17FN2O3. The van der Waals surface area contributed by atoms with Crippen LogP contribution in [0, 0.1) is 5.82 Å². The lowest BCUT2D eigenvalue weighted by atomic mass is 10.1. The first-order chi connectivity index (χ1) is 11.6. The molecule has 0 unspecified atom stereocenters. The Labute approximate surface area is 139 Å². The van der Waals surface area contributed by atoms with Crippen molar-refractivity contribution in [3.8, 4) is 5.75 Å². The van der Waals surface area contributed by atoms with Crippen LogP contribution < -0.4 is 15.0 Å². The molecule has 124 valence electrons. The van der Waals surface area contributed by atoms with E-state index in [1.165, 1.54) is 24.1 Å². The number of nitrogens with zero attached hydrogens (tertiary/aromatic N) is 1. The van der Waals surface area contributed by atoms with Gasteiger partial charge in [-0.05, 0) is 29.8 Å². The lowest BCUT2D eigenvalue weighted by Crippen LogP contribution is -2.50. The summed E-state index contributed by atoms with van der Waals surface area (Å²) in [6.07, 6.45) is -0.728. The molecule has 0 bridgehead atoms. The zero-order valence-electron chi connectivity index (χ0n) is 13.2. The number of likely N-dealkylation sites (N-methyl/N-ethyl adjacent to an activating group) is 1. The second-order valence-electron chi connectivity index (χ2n) is 5.50. The number of ether oxygens (including phenoxy) is 1. The van der Waals surface area contributed by atoms with Gasteiger partial charge in [0, 0.05) is 7.05 Å². The number of para-hydroxylation sites is 2. The molecule has 0 aromatic heterocycles. The van der Waals surface area contributed by atoms with Gasteiger partial charge in [0.1, 0.15) is 11.6 Å². The first kappa shape index (κ1) is 16.0. The standard InChI is InChI=1S/C18H17FN2O3/c1-20-18(23)16-11-21(14-7-2-3-8-15(14)24-16)17(22)10-12-5-4-6-13(19)9-12/h2-9,16H,10-11H2,1H3,(H,20,23)/t16-/m0/s1. The summed E-state index contributed by atoms with van der Waals surface area (Å²) in [5, 5.41) is 2.53. The number of fused-ring (bicyclic) bond motifs is 1. The van der Waals surface area contributed by atoms with E-state index in [1.54, 1.807) is 36.4 Å². The lowest BCUT2D eigenvalue weighted by Gasteiger charge is -2.34. The highest BCUT2D eigenvalue weighted by atomic mass is 19.1. The van der Waals surface area contributed by atoms with Crippen LogP contribution in [0.4, 0.5) is 10.1 Å². The molecule has 0 spiro atoms. The first-order valence-electron chi connectivity index (χ1n) is 7.60. The largest absolute Gasteiger partial charge is 0.477 e. The molecular weight excluding hydrogens is 311 g/mol. The van der Waals surface area contributed by atoms with Gasteiger partial charge in [-0.25, -0.2) is 4.39 Å². The van der Waals surface area contributed by atoms with Crippen LogP contribution in [-0.2, 0) is 16.0 Å². The number of amides is 2. The Bertz CT molecular complexity index is 778. The number of carbonyl (C=O) groups excluding carboxylic acids is 2. The fraction of sp³-hybridized carbons (Fsp3) is 0.222. The Hall–Kier alpha value is -2.89. The number of rotatable bonds is 3. The quantitative estimate of drug-likeness (QED) is 0.936. The summed E-state index contributed by atoms with van der Waals surface area (Å²) in [6.45, 7) is 0.116. The fourth-order valence-corrected chi connectivity index (χ4v) is 2.69. The molecule has 3 rings (SSSR count). The summed E-state index contributed by atoms with van der Waals surface area (Å²) in [4.78, 5) is 26.2. The molecule has 0 radical (unpaired) electrons. The number of carbonyl (C=O) groups is 2. The minimum atomic E-state index is -0.777. The van der Waals surface area contributed by atoms with Crippen molar-refractivity contribution in [2.45, 2.75) is 12.5 Å². The molecule has 6 heteroatoms. The van der Waals surface area contributed by atoms with E-state index in [0.29, 0.717) is 17.0 Å². The van der Waals surface area contributed by atoms with Crippen LogP contribution in [0.1, 0.15) is 5.56 Å². The van der Waals surface area contributed by atoms with E-state index in [2.05, 4.69) is 5.32 Å². The van der Waals surface area contributed by atoms with Gasteiger partial charge in [0.05, 0.1) is 18.7 Å². The minimum Gasteiger partial charge on any atom is -0.477 e. The predicted molar refractivity (Wildman–Crippen MR) is 87.4 cm³/mol. The van der Waals surface area contributed by atoms with Crippen LogP contribution in [0.2, 0.25) is 0 Å². The van der Waals surface area contributed by atoms with E-state index in [9.17, 15) is 14.0 Å². The van der Waals surface area contributed by atoms with Gasteiger partial charge in [-0.15, -0.1) is 0 Å². The van der Waals surface area contributed by atoms with Crippen molar-refractivity contribution in [3.05, 3.63) is 59.9 Å². The highest BCUT2D eigenvalue weighted by molar-refractivity contribution is 5.98. The van der Waals surface area contributed by atoms with Crippen LogP contribution in [0.25, 0.3) is 0 Å². The van der Waals surface area contributed by atoms with Gasteiger partial charge in [0.2, 0.25) is 5.91 Å². The van der Waals surface area contributed by atoms with Crippen molar-refractivity contribution in [2.75, 3.05) is 18.5 Å². The summed E-state index contributed by atoms with van der Waals surface area (Å²) >= 11 is 0. The number of nitrogens with one attached hydrogen (secondary N) is 1. The third kappa shape index (κ3) is 3.22.